The number of nitrogens with zero attached hydrogens (tertiary/aromatic N) is 2. The SMILES string of the molecule is O=C(NCCn1ncccc1=O)c1c[nH]c2ccccc12. The van der Waals surface area contributed by atoms with Crippen LogP contribution in [0.25, 0.3) is 10.9 Å². The number of rotatable bonds is 4. The topological polar surface area (TPSA) is 79.8 Å². The van der Waals surface area contributed by atoms with E-state index in [0.717, 1.165) is 10.9 Å². The third-order valence-electron chi connectivity index (χ3n) is 3.23. The Kier molecular flexibility index (Phi) is 3.51. The average molecular weight is 282 g/mol. The van der Waals surface area contributed by atoms with Gasteiger partial charge in [0, 0.05) is 35.9 Å². The molecule has 0 bridgehead atoms. The highest BCUT2D eigenvalue weighted by Gasteiger charge is 2.10. The molecule has 0 aliphatic heterocycles. The molecule has 6 nitrogen and oxygen atoms in total. The lowest BCUT2D eigenvalue weighted by Gasteiger charge is -2.05. The number of aromatic nitrogens is 3. The largest absolute Gasteiger partial charge is 0.360 e. The number of carbonyl (C=O) groups is 1. The molecule has 1 aromatic carbocycles. The predicted octanol–water partition coefficient (Wildman–Crippen LogP) is 1.15. The van der Waals surface area contributed by atoms with Crippen LogP contribution >= 0.6 is 0 Å². The van der Waals surface area contributed by atoms with Crippen LogP contribution in [0, 0.1) is 0 Å². The number of nitrogens with one attached hydrogen (secondary N) is 2. The van der Waals surface area contributed by atoms with E-state index in [0.29, 0.717) is 18.7 Å². The van der Waals surface area contributed by atoms with Gasteiger partial charge in [-0.1, -0.05) is 18.2 Å². The third-order valence-corrected chi connectivity index (χ3v) is 3.23. The lowest BCUT2D eigenvalue weighted by Crippen LogP contribution is -2.31. The molecule has 3 rings (SSSR count). The van der Waals surface area contributed by atoms with Crippen molar-refractivity contribution in [3.05, 3.63) is 64.7 Å². The fourth-order valence-corrected chi connectivity index (χ4v) is 2.19. The first-order valence-corrected chi connectivity index (χ1v) is 6.62. The van der Waals surface area contributed by atoms with Gasteiger partial charge in [-0.25, -0.2) is 4.68 Å². The van der Waals surface area contributed by atoms with Crippen molar-refractivity contribution in [1.29, 1.82) is 0 Å². The molecule has 1 amide bonds. The van der Waals surface area contributed by atoms with Gasteiger partial charge < -0.3 is 10.3 Å². The van der Waals surface area contributed by atoms with Gasteiger partial charge in [-0.15, -0.1) is 0 Å². The minimum Gasteiger partial charge on any atom is -0.360 e. The number of aromatic amines is 1. The molecule has 0 aliphatic carbocycles. The van der Waals surface area contributed by atoms with Crippen molar-refractivity contribution < 1.29 is 4.79 Å². The molecule has 3 aromatic rings. The van der Waals surface area contributed by atoms with Crippen LogP contribution in [0.3, 0.4) is 0 Å². The molecule has 0 saturated heterocycles. The Morgan fingerprint density at radius 3 is 2.95 bits per heavy atom. The van der Waals surface area contributed by atoms with E-state index in [1.54, 1.807) is 18.5 Å². The molecule has 21 heavy (non-hydrogen) atoms. The lowest BCUT2D eigenvalue weighted by atomic mass is 10.1. The van der Waals surface area contributed by atoms with E-state index in [1.807, 2.05) is 24.3 Å². The summed E-state index contributed by atoms with van der Waals surface area (Å²) in [6, 6.07) is 10.6. The molecule has 2 N–H and O–H groups in total. The highest BCUT2D eigenvalue weighted by atomic mass is 16.2. The van der Waals surface area contributed by atoms with Gasteiger partial charge in [-0.3, -0.25) is 9.59 Å². The number of H-pyrrole nitrogens is 1. The van der Waals surface area contributed by atoms with Crippen molar-refractivity contribution in [1.82, 2.24) is 20.1 Å². The molecule has 0 aliphatic rings. The summed E-state index contributed by atoms with van der Waals surface area (Å²) in [5, 5.41) is 7.61. The third kappa shape index (κ3) is 2.69. The molecule has 0 saturated carbocycles. The Labute approximate surface area is 120 Å². The van der Waals surface area contributed by atoms with Gasteiger partial charge in [-0.05, 0) is 12.1 Å². The van der Waals surface area contributed by atoms with Crippen LogP contribution in [0.15, 0.2) is 53.6 Å². The zero-order valence-corrected chi connectivity index (χ0v) is 11.2. The molecule has 0 spiro atoms. The van der Waals surface area contributed by atoms with Crippen molar-refractivity contribution >= 4 is 16.8 Å². The first-order chi connectivity index (χ1) is 10.3. The zero-order chi connectivity index (χ0) is 14.7. The van der Waals surface area contributed by atoms with Gasteiger partial charge in [0.2, 0.25) is 0 Å². The molecule has 2 heterocycles. The molecule has 0 atom stereocenters. The van der Waals surface area contributed by atoms with Crippen molar-refractivity contribution in [3.63, 3.8) is 0 Å². The summed E-state index contributed by atoms with van der Waals surface area (Å²) in [5.74, 6) is -0.170. The van der Waals surface area contributed by atoms with Crippen LogP contribution in [0.1, 0.15) is 10.4 Å². The number of benzene rings is 1. The van der Waals surface area contributed by atoms with Crippen molar-refractivity contribution in [2.75, 3.05) is 6.54 Å². The van der Waals surface area contributed by atoms with Crippen molar-refractivity contribution in [2.45, 2.75) is 6.54 Å². The van der Waals surface area contributed by atoms with E-state index in [4.69, 9.17) is 0 Å². The number of hydrogen-bond donors (Lipinski definition) is 2. The first kappa shape index (κ1) is 13.1. The number of para-hydroxylation sites is 1. The number of hydrogen-bond acceptors (Lipinski definition) is 3. The lowest BCUT2D eigenvalue weighted by molar-refractivity contribution is 0.0953. The highest BCUT2D eigenvalue weighted by Crippen LogP contribution is 2.17. The van der Waals surface area contributed by atoms with Gasteiger partial charge in [0.05, 0.1) is 12.1 Å². The van der Waals surface area contributed by atoms with E-state index in [1.165, 1.54) is 10.7 Å². The summed E-state index contributed by atoms with van der Waals surface area (Å²) < 4.78 is 1.31. The van der Waals surface area contributed by atoms with Crippen LogP contribution in [0.2, 0.25) is 0 Å². The molecular weight excluding hydrogens is 268 g/mol. The highest BCUT2D eigenvalue weighted by molar-refractivity contribution is 6.06. The van der Waals surface area contributed by atoms with E-state index < -0.39 is 0 Å². The standard InChI is InChI=1S/C15H14N4O2/c20-14-6-3-7-18-19(14)9-8-16-15(21)12-10-17-13-5-2-1-4-11(12)13/h1-7,10,17H,8-9H2,(H,16,21). The summed E-state index contributed by atoms with van der Waals surface area (Å²) in [7, 11) is 0. The normalized spacial score (nSPS) is 10.7. The summed E-state index contributed by atoms with van der Waals surface area (Å²) in [6.07, 6.45) is 3.23. The summed E-state index contributed by atoms with van der Waals surface area (Å²) >= 11 is 0. The molecular formula is C15H14N4O2. The smallest absolute Gasteiger partial charge is 0.266 e. The Morgan fingerprint density at radius 1 is 1.24 bits per heavy atom. The summed E-state index contributed by atoms with van der Waals surface area (Å²) in [4.78, 5) is 26.7. The molecule has 0 radical (unpaired) electrons. The zero-order valence-electron chi connectivity index (χ0n) is 11.2. The molecule has 106 valence electrons. The Balaban J connectivity index is 1.67. The second-order valence-corrected chi connectivity index (χ2v) is 4.59. The second kappa shape index (κ2) is 5.62. The summed E-state index contributed by atoms with van der Waals surface area (Å²) in [6.45, 7) is 0.684. The van der Waals surface area contributed by atoms with Gasteiger partial charge in [0.1, 0.15) is 0 Å². The Morgan fingerprint density at radius 2 is 2.10 bits per heavy atom. The molecule has 0 unspecified atom stereocenters. The van der Waals surface area contributed by atoms with E-state index in [2.05, 4.69) is 15.4 Å². The molecule has 2 aromatic heterocycles. The van der Waals surface area contributed by atoms with Gasteiger partial charge in [0.15, 0.2) is 0 Å². The molecule has 0 fully saturated rings. The van der Waals surface area contributed by atoms with Crippen LogP contribution in [-0.4, -0.2) is 27.2 Å². The van der Waals surface area contributed by atoms with Crippen molar-refractivity contribution in [3.8, 4) is 0 Å². The Bertz CT molecular complexity index is 835. The maximum absolute atomic E-state index is 12.2. The van der Waals surface area contributed by atoms with Gasteiger partial charge in [0.25, 0.3) is 11.5 Å². The van der Waals surface area contributed by atoms with Crippen LogP contribution < -0.4 is 10.9 Å². The second-order valence-electron chi connectivity index (χ2n) is 4.59. The number of fused-ring (bicyclic) bond motifs is 1. The van der Waals surface area contributed by atoms with E-state index in [-0.39, 0.29) is 11.5 Å². The van der Waals surface area contributed by atoms with Gasteiger partial charge >= 0.3 is 0 Å². The maximum atomic E-state index is 12.2. The minimum atomic E-state index is -0.182. The first-order valence-electron chi connectivity index (χ1n) is 6.62. The van der Waals surface area contributed by atoms with Gasteiger partial charge in [-0.2, -0.15) is 5.10 Å². The average Bonchev–Trinajstić information content (AvgIpc) is 2.93. The van der Waals surface area contributed by atoms with Crippen LogP contribution in [-0.2, 0) is 6.54 Å². The van der Waals surface area contributed by atoms with Crippen LogP contribution in [0.4, 0.5) is 0 Å². The Hall–Kier alpha value is -2.89. The fourth-order valence-electron chi connectivity index (χ4n) is 2.19. The number of carbonyl (C=O) groups excluding carboxylic acids is 1. The monoisotopic (exact) mass is 282 g/mol. The van der Waals surface area contributed by atoms with E-state index >= 15 is 0 Å². The quantitative estimate of drug-likeness (QED) is 0.753. The fraction of sp³-hybridized carbons (Fsp3) is 0.133. The maximum Gasteiger partial charge on any atom is 0.266 e. The predicted molar refractivity (Wildman–Crippen MR) is 79.1 cm³/mol. The van der Waals surface area contributed by atoms with Crippen molar-refractivity contribution in [2.24, 2.45) is 0 Å². The van der Waals surface area contributed by atoms with Crippen LogP contribution in [0.5, 0.6) is 0 Å². The number of amides is 1. The van der Waals surface area contributed by atoms with E-state index in [9.17, 15) is 9.59 Å². The minimum absolute atomic E-state index is 0.170. The molecule has 6 heteroatoms. The summed E-state index contributed by atoms with van der Waals surface area (Å²) in [5.41, 5.74) is 1.33.